The van der Waals surface area contributed by atoms with Crippen LogP contribution in [0.25, 0.3) is 0 Å². The quantitative estimate of drug-likeness (QED) is 0.109. The fourth-order valence-corrected chi connectivity index (χ4v) is 5.23. The molecule has 1 heterocycles. The zero-order valence-electron chi connectivity index (χ0n) is 29.5. The summed E-state index contributed by atoms with van der Waals surface area (Å²) in [6.45, 7) is 10.9. The predicted molar refractivity (Wildman–Crippen MR) is 182 cm³/mol. The number of carbonyl (C=O) groups is 5. The third-order valence-electron chi connectivity index (χ3n) is 7.20. The number of amides is 2. The van der Waals surface area contributed by atoms with Crippen molar-refractivity contribution in [2.24, 2.45) is 0 Å². The number of allylic oxidation sites excluding steroid dienone is 1. The Bertz CT molecular complexity index is 1390. The van der Waals surface area contributed by atoms with Crippen LogP contribution in [-0.2, 0) is 42.9 Å². The van der Waals surface area contributed by atoms with Crippen molar-refractivity contribution in [1.29, 1.82) is 0 Å². The number of rotatable bonds is 18. The van der Waals surface area contributed by atoms with Gasteiger partial charge in [-0.1, -0.05) is 49.6 Å². The lowest BCUT2D eigenvalue weighted by atomic mass is 9.80. The maximum absolute atomic E-state index is 13.3. The van der Waals surface area contributed by atoms with Crippen molar-refractivity contribution in [3.8, 4) is 0 Å². The second kappa shape index (κ2) is 20.4. The molecule has 3 N–H and O–H groups in total. The number of unbranched alkanes of at least 4 members (excludes halogenated alkanes) is 2. The van der Waals surface area contributed by atoms with E-state index in [-0.39, 0.29) is 62.9 Å². The normalized spacial score (nSPS) is 15.1. The van der Waals surface area contributed by atoms with E-state index in [0.717, 1.165) is 12.8 Å². The molecule has 0 aliphatic carbocycles. The summed E-state index contributed by atoms with van der Waals surface area (Å²) in [5, 5.41) is 8.68. The van der Waals surface area contributed by atoms with Gasteiger partial charge in [-0.2, -0.15) is 0 Å². The predicted octanol–water partition coefficient (Wildman–Crippen LogP) is 4.83. The maximum atomic E-state index is 13.3. The molecule has 0 spiro atoms. The first-order chi connectivity index (χ1) is 23.2. The summed E-state index contributed by atoms with van der Waals surface area (Å²) in [5.41, 5.74) is 0.922. The highest BCUT2D eigenvalue weighted by atomic mass is 35.5. The van der Waals surface area contributed by atoms with Crippen LogP contribution in [-0.4, -0.2) is 81.6 Å². The molecule has 1 aromatic rings. The number of ether oxygens (including phenoxy) is 5. The van der Waals surface area contributed by atoms with E-state index < -0.39 is 41.6 Å². The number of alkyl carbamates (subject to hydrolysis) is 1. The Kier molecular flexibility index (Phi) is 17.1. The largest absolute Gasteiger partial charge is 0.466 e. The standard InChI is InChI=1S/C35H50ClN3O10/c1-8-10-13-19-48-31(41)25(39-34(44)49-35(4,5)6)16-17-27(40)37-18-20-46-21-26-30(33(43)47-9-2)29(23-14-11-12-15-24(23)36)28(22(3)38-26)32(42)45-7/h11-12,14-15,25,29,38H,8-10,13,16-21H2,1-7H3,(H,37,40)(H,39,44)/t25-,29?/m0/s1. The Balaban J connectivity index is 2.08. The molecule has 0 fully saturated rings. The summed E-state index contributed by atoms with van der Waals surface area (Å²) in [4.78, 5) is 63.9. The van der Waals surface area contributed by atoms with Crippen LogP contribution < -0.4 is 16.0 Å². The second-order valence-electron chi connectivity index (χ2n) is 12.2. The molecule has 14 heteroatoms. The first-order valence-corrected chi connectivity index (χ1v) is 16.8. The number of hydrogen-bond acceptors (Lipinski definition) is 11. The zero-order valence-corrected chi connectivity index (χ0v) is 30.3. The molecule has 2 rings (SSSR count). The first kappa shape index (κ1) is 41.1. The number of benzene rings is 1. The highest BCUT2D eigenvalue weighted by Gasteiger charge is 2.39. The van der Waals surface area contributed by atoms with Gasteiger partial charge in [-0.15, -0.1) is 0 Å². The van der Waals surface area contributed by atoms with Crippen molar-refractivity contribution in [2.75, 3.05) is 40.1 Å². The minimum absolute atomic E-state index is 0.00414. The third kappa shape index (κ3) is 13.4. The van der Waals surface area contributed by atoms with Crippen molar-refractivity contribution >= 4 is 41.5 Å². The van der Waals surface area contributed by atoms with E-state index in [1.54, 1.807) is 58.9 Å². The number of carbonyl (C=O) groups excluding carboxylic acids is 5. The lowest BCUT2D eigenvalue weighted by Crippen LogP contribution is -2.45. The molecule has 2 amide bonds. The van der Waals surface area contributed by atoms with E-state index in [9.17, 15) is 24.0 Å². The van der Waals surface area contributed by atoms with Crippen LogP contribution in [0, 0.1) is 0 Å². The van der Waals surface area contributed by atoms with Crippen molar-refractivity contribution in [2.45, 2.75) is 91.2 Å². The van der Waals surface area contributed by atoms with Crippen LogP contribution in [0.4, 0.5) is 4.79 Å². The second-order valence-corrected chi connectivity index (χ2v) is 12.6. The molecular weight excluding hydrogens is 658 g/mol. The highest BCUT2D eigenvalue weighted by Crippen LogP contribution is 2.41. The van der Waals surface area contributed by atoms with Crippen LogP contribution in [0.5, 0.6) is 0 Å². The minimum atomic E-state index is -1.07. The monoisotopic (exact) mass is 707 g/mol. The lowest BCUT2D eigenvalue weighted by molar-refractivity contribution is -0.146. The molecule has 2 atom stereocenters. The van der Waals surface area contributed by atoms with Gasteiger partial charge >= 0.3 is 24.0 Å². The summed E-state index contributed by atoms with van der Waals surface area (Å²) in [6.07, 6.45) is 1.67. The van der Waals surface area contributed by atoms with Crippen LogP contribution >= 0.6 is 11.6 Å². The van der Waals surface area contributed by atoms with Gasteiger partial charge in [0.25, 0.3) is 0 Å². The molecule has 1 aliphatic heterocycles. The van der Waals surface area contributed by atoms with Crippen molar-refractivity contribution in [3.63, 3.8) is 0 Å². The summed E-state index contributed by atoms with van der Waals surface area (Å²) >= 11 is 6.54. The molecule has 0 bridgehead atoms. The van der Waals surface area contributed by atoms with E-state index in [1.807, 2.05) is 6.92 Å². The number of esters is 3. The van der Waals surface area contributed by atoms with Gasteiger partial charge in [0.05, 0.1) is 56.3 Å². The van der Waals surface area contributed by atoms with E-state index >= 15 is 0 Å². The van der Waals surface area contributed by atoms with Crippen molar-refractivity contribution in [1.82, 2.24) is 16.0 Å². The Morgan fingerprint density at radius 3 is 2.33 bits per heavy atom. The Hall–Kier alpha value is -4.10. The zero-order chi connectivity index (χ0) is 36.6. The van der Waals surface area contributed by atoms with Gasteiger partial charge in [0.15, 0.2) is 0 Å². The van der Waals surface area contributed by atoms with Crippen molar-refractivity contribution < 1.29 is 47.7 Å². The highest BCUT2D eigenvalue weighted by molar-refractivity contribution is 6.31. The SMILES string of the molecule is CCCCCOC(=O)[C@H](CCC(=O)NCCOCC1=C(C(=O)OCC)C(c2ccccc2Cl)C(C(=O)OC)=C(C)N1)NC(=O)OC(C)(C)C. The summed E-state index contributed by atoms with van der Waals surface area (Å²) in [5.74, 6) is -3.19. The maximum Gasteiger partial charge on any atom is 0.408 e. The molecule has 1 aromatic carbocycles. The molecule has 13 nitrogen and oxygen atoms in total. The molecule has 1 aliphatic rings. The minimum Gasteiger partial charge on any atom is -0.466 e. The van der Waals surface area contributed by atoms with Gasteiger partial charge in [-0.05, 0) is 59.1 Å². The van der Waals surface area contributed by atoms with Gasteiger partial charge in [-0.3, -0.25) is 4.79 Å². The van der Waals surface area contributed by atoms with E-state index in [1.165, 1.54) is 7.11 Å². The molecule has 0 radical (unpaired) electrons. The van der Waals surface area contributed by atoms with Gasteiger partial charge in [-0.25, -0.2) is 19.2 Å². The molecule has 49 heavy (non-hydrogen) atoms. The molecular formula is C35H50ClN3O10. The summed E-state index contributed by atoms with van der Waals surface area (Å²) in [6, 6.07) is 5.81. The van der Waals surface area contributed by atoms with E-state index in [4.69, 9.17) is 35.3 Å². The number of hydrogen-bond donors (Lipinski definition) is 3. The number of halogens is 1. The van der Waals surface area contributed by atoms with Crippen LogP contribution in [0.15, 0.2) is 46.8 Å². The fraction of sp³-hybridized carbons (Fsp3) is 0.571. The average molecular weight is 708 g/mol. The number of methoxy groups -OCH3 is 1. The fourth-order valence-electron chi connectivity index (χ4n) is 4.99. The Labute approximate surface area is 293 Å². The van der Waals surface area contributed by atoms with E-state index in [2.05, 4.69) is 16.0 Å². The number of dihydropyridines is 1. The number of nitrogens with one attached hydrogen (secondary N) is 3. The van der Waals surface area contributed by atoms with Gasteiger partial charge in [0.2, 0.25) is 5.91 Å². The molecule has 0 aromatic heterocycles. The van der Waals surface area contributed by atoms with Crippen LogP contribution in [0.1, 0.15) is 85.1 Å². The van der Waals surface area contributed by atoms with Crippen LogP contribution in [0.2, 0.25) is 5.02 Å². The molecule has 0 saturated heterocycles. The Morgan fingerprint density at radius 1 is 0.980 bits per heavy atom. The molecule has 272 valence electrons. The average Bonchev–Trinajstić information content (AvgIpc) is 3.03. The lowest BCUT2D eigenvalue weighted by Gasteiger charge is -2.31. The smallest absolute Gasteiger partial charge is 0.408 e. The summed E-state index contributed by atoms with van der Waals surface area (Å²) < 4.78 is 26.8. The molecule has 1 unspecified atom stereocenters. The molecule has 0 saturated carbocycles. The van der Waals surface area contributed by atoms with Crippen LogP contribution in [0.3, 0.4) is 0 Å². The topological polar surface area (TPSA) is 168 Å². The van der Waals surface area contributed by atoms with E-state index in [0.29, 0.717) is 28.4 Å². The summed E-state index contributed by atoms with van der Waals surface area (Å²) in [7, 11) is 1.25. The van der Waals surface area contributed by atoms with Gasteiger partial charge < -0.3 is 39.6 Å². The Morgan fingerprint density at radius 2 is 1.69 bits per heavy atom. The first-order valence-electron chi connectivity index (χ1n) is 16.4. The van der Waals surface area contributed by atoms with Gasteiger partial charge in [0.1, 0.15) is 11.6 Å². The van der Waals surface area contributed by atoms with Crippen molar-refractivity contribution in [3.05, 3.63) is 57.4 Å². The third-order valence-corrected chi connectivity index (χ3v) is 7.55. The van der Waals surface area contributed by atoms with Gasteiger partial charge in [0, 0.05) is 23.7 Å².